The Bertz CT molecular complexity index is 736. The zero-order chi connectivity index (χ0) is 21.8. The number of rotatable bonds is 5. The summed E-state index contributed by atoms with van der Waals surface area (Å²) >= 11 is 12.3. The Labute approximate surface area is 182 Å². The van der Waals surface area contributed by atoms with Crippen LogP contribution in [0.15, 0.2) is 18.2 Å². The van der Waals surface area contributed by atoms with Gasteiger partial charge in [0.25, 0.3) is 0 Å². The molecular weight excluding hydrogens is 415 g/mol. The molecule has 0 bridgehead atoms. The molecule has 1 aromatic carbocycles. The number of carbonyl (C=O) groups is 2. The molecule has 1 fully saturated rings. The van der Waals surface area contributed by atoms with Crippen molar-refractivity contribution < 1.29 is 19.4 Å². The van der Waals surface area contributed by atoms with Gasteiger partial charge in [0.05, 0.1) is 28.8 Å². The molecule has 0 spiro atoms. The maximum absolute atomic E-state index is 11.9. The van der Waals surface area contributed by atoms with Crippen molar-refractivity contribution in [2.24, 2.45) is 5.41 Å². The number of amides is 2. The van der Waals surface area contributed by atoms with E-state index in [1.807, 2.05) is 26.8 Å². The van der Waals surface area contributed by atoms with E-state index < -0.39 is 6.09 Å². The lowest BCUT2D eigenvalue weighted by Gasteiger charge is -2.34. The van der Waals surface area contributed by atoms with Gasteiger partial charge in [0.15, 0.2) is 0 Å². The van der Waals surface area contributed by atoms with Gasteiger partial charge in [-0.2, -0.15) is 0 Å². The van der Waals surface area contributed by atoms with Crippen LogP contribution in [-0.4, -0.2) is 53.8 Å². The minimum absolute atomic E-state index is 0.0718. The number of carbonyl (C=O) groups excluding carboxylic acids is 1. The van der Waals surface area contributed by atoms with Crippen molar-refractivity contribution in [2.75, 3.05) is 19.6 Å². The quantitative estimate of drug-likeness (QED) is 0.639. The molecule has 29 heavy (non-hydrogen) atoms. The van der Waals surface area contributed by atoms with Crippen molar-refractivity contribution in [3.8, 4) is 0 Å². The largest absolute Gasteiger partial charge is 0.465 e. The minimum atomic E-state index is -0.966. The van der Waals surface area contributed by atoms with Crippen LogP contribution in [0.1, 0.15) is 52.0 Å². The predicted octanol–water partition coefficient (Wildman–Crippen LogP) is 4.79. The number of benzene rings is 1. The fourth-order valence-electron chi connectivity index (χ4n) is 3.51. The van der Waals surface area contributed by atoms with E-state index in [4.69, 9.17) is 27.9 Å². The molecule has 0 aromatic heterocycles. The number of carboxylic acid groups (broad SMARTS) is 1. The third-order valence-electron chi connectivity index (χ3n) is 5.24. The summed E-state index contributed by atoms with van der Waals surface area (Å²) in [5, 5.41) is 13.4. The van der Waals surface area contributed by atoms with Gasteiger partial charge in [-0.25, -0.2) is 4.79 Å². The summed E-state index contributed by atoms with van der Waals surface area (Å²) in [4.78, 5) is 24.5. The highest BCUT2D eigenvalue weighted by Crippen LogP contribution is 2.36. The third kappa shape index (κ3) is 6.76. The summed E-state index contributed by atoms with van der Waals surface area (Å²) in [6.07, 6.45) is -0.0180. The van der Waals surface area contributed by atoms with Crippen LogP contribution >= 0.6 is 23.2 Å². The smallest absolute Gasteiger partial charge is 0.407 e. The molecule has 0 radical (unpaired) electrons. The lowest BCUT2D eigenvalue weighted by atomic mass is 9.88. The first-order valence-corrected chi connectivity index (χ1v) is 10.6. The molecular formula is C21H30Cl2N2O4. The van der Waals surface area contributed by atoms with E-state index in [1.165, 1.54) is 11.8 Å². The Morgan fingerprint density at radius 2 is 1.93 bits per heavy atom. The first-order chi connectivity index (χ1) is 13.5. The molecule has 1 heterocycles. The average molecular weight is 445 g/mol. The second-order valence-corrected chi connectivity index (χ2v) is 9.44. The van der Waals surface area contributed by atoms with Crippen LogP contribution in [0.5, 0.6) is 0 Å². The van der Waals surface area contributed by atoms with Gasteiger partial charge in [-0.15, -0.1) is 0 Å². The Morgan fingerprint density at radius 3 is 2.48 bits per heavy atom. The molecule has 0 aliphatic carbocycles. The van der Waals surface area contributed by atoms with E-state index in [2.05, 4.69) is 5.32 Å². The summed E-state index contributed by atoms with van der Waals surface area (Å²) in [6, 6.07) is 5.39. The maximum Gasteiger partial charge on any atom is 0.407 e. The van der Waals surface area contributed by atoms with Gasteiger partial charge >= 0.3 is 6.09 Å². The van der Waals surface area contributed by atoms with Gasteiger partial charge in [0, 0.05) is 25.9 Å². The van der Waals surface area contributed by atoms with E-state index in [0.29, 0.717) is 36.1 Å². The Morgan fingerprint density at radius 1 is 1.24 bits per heavy atom. The number of nitrogens with zero attached hydrogens (tertiary/aromatic N) is 1. The molecule has 1 aromatic rings. The Hall–Kier alpha value is -1.50. The number of hydrogen-bond acceptors (Lipinski definition) is 3. The molecule has 2 N–H and O–H groups in total. The minimum Gasteiger partial charge on any atom is -0.465 e. The monoisotopic (exact) mass is 444 g/mol. The van der Waals surface area contributed by atoms with Crippen molar-refractivity contribution in [3.63, 3.8) is 0 Å². The van der Waals surface area contributed by atoms with Crippen LogP contribution in [0, 0.1) is 5.41 Å². The van der Waals surface area contributed by atoms with E-state index in [-0.39, 0.29) is 29.4 Å². The summed E-state index contributed by atoms with van der Waals surface area (Å²) in [5.41, 5.74) is 0.667. The summed E-state index contributed by atoms with van der Waals surface area (Å²) in [5.74, 6) is -0.261. The van der Waals surface area contributed by atoms with Crippen LogP contribution < -0.4 is 5.32 Å². The van der Waals surface area contributed by atoms with E-state index in [9.17, 15) is 14.7 Å². The summed E-state index contributed by atoms with van der Waals surface area (Å²) in [7, 11) is 0. The molecule has 1 aliphatic heterocycles. The van der Waals surface area contributed by atoms with Crippen LogP contribution in [0.25, 0.3) is 0 Å². The zero-order valence-corrected chi connectivity index (χ0v) is 18.9. The van der Waals surface area contributed by atoms with Gasteiger partial charge in [0.1, 0.15) is 0 Å². The highest BCUT2D eigenvalue weighted by molar-refractivity contribution is 6.42. The first-order valence-electron chi connectivity index (χ1n) is 9.81. The van der Waals surface area contributed by atoms with Crippen molar-refractivity contribution in [2.45, 2.75) is 58.7 Å². The van der Waals surface area contributed by atoms with Crippen LogP contribution in [-0.2, 0) is 9.53 Å². The van der Waals surface area contributed by atoms with Crippen LogP contribution in [0.2, 0.25) is 10.0 Å². The normalized spacial score (nSPS) is 22.8. The standard InChI is InChI=1S/C21H30Cl2N2O4/c1-13(26)24-9-5-6-18-15(14-7-8-16(22)17(23)10-14)11-25(20(27)28)12-19(29-18)21(2,3)4/h7-8,10,15,18-19H,5-6,9,11-12H2,1-4H3,(H,24,26)(H,27,28)/t15-,18-,19?/m1/s1. The SMILES string of the molecule is CC(=O)NCCC[C@H]1OC(C(C)(C)C)CN(C(=O)O)C[C@@H]1c1ccc(Cl)c(Cl)c1. The topological polar surface area (TPSA) is 78.9 Å². The second kappa shape index (κ2) is 10.0. The maximum atomic E-state index is 11.9. The van der Waals surface area contributed by atoms with E-state index in [1.54, 1.807) is 12.1 Å². The Balaban J connectivity index is 2.34. The van der Waals surface area contributed by atoms with E-state index in [0.717, 1.165) is 12.0 Å². The van der Waals surface area contributed by atoms with Gasteiger partial charge in [-0.1, -0.05) is 50.0 Å². The first kappa shape index (κ1) is 23.8. The number of hydrogen-bond donors (Lipinski definition) is 2. The molecule has 1 aliphatic rings. The van der Waals surface area contributed by atoms with Crippen molar-refractivity contribution in [3.05, 3.63) is 33.8 Å². The van der Waals surface area contributed by atoms with Gasteiger partial charge in [-0.3, -0.25) is 4.79 Å². The van der Waals surface area contributed by atoms with Gasteiger partial charge in [0.2, 0.25) is 5.91 Å². The lowest BCUT2D eigenvalue weighted by Crippen LogP contribution is -2.42. The van der Waals surface area contributed by atoms with Gasteiger partial charge < -0.3 is 20.1 Å². The lowest BCUT2D eigenvalue weighted by molar-refractivity contribution is -0.119. The third-order valence-corrected chi connectivity index (χ3v) is 5.98. The molecule has 1 unspecified atom stereocenters. The van der Waals surface area contributed by atoms with Crippen LogP contribution in [0.4, 0.5) is 4.79 Å². The molecule has 3 atom stereocenters. The molecule has 8 heteroatoms. The molecule has 162 valence electrons. The number of halogens is 2. The molecule has 6 nitrogen and oxygen atoms in total. The fourth-order valence-corrected chi connectivity index (χ4v) is 3.82. The average Bonchev–Trinajstić information content (AvgIpc) is 2.81. The highest BCUT2D eigenvalue weighted by Gasteiger charge is 2.39. The molecule has 2 rings (SSSR count). The zero-order valence-electron chi connectivity index (χ0n) is 17.4. The van der Waals surface area contributed by atoms with Gasteiger partial charge in [-0.05, 0) is 36.0 Å². The number of nitrogens with one attached hydrogen (secondary N) is 1. The van der Waals surface area contributed by atoms with E-state index >= 15 is 0 Å². The molecule has 1 saturated heterocycles. The number of ether oxygens (including phenoxy) is 1. The van der Waals surface area contributed by atoms with Crippen molar-refractivity contribution in [1.29, 1.82) is 0 Å². The van der Waals surface area contributed by atoms with Crippen molar-refractivity contribution >= 4 is 35.2 Å². The fraction of sp³-hybridized carbons (Fsp3) is 0.619. The predicted molar refractivity (Wildman–Crippen MR) is 115 cm³/mol. The molecule has 0 saturated carbocycles. The Kier molecular flexibility index (Phi) is 8.20. The highest BCUT2D eigenvalue weighted by atomic mass is 35.5. The second-order valence-electron chi connectivity index (χ2n) is 8.62. The van der Waals surface area contributed by atoms with Crippen molar-refractivity contribution in [1.82, 2.24) is 10.2 Å². The summed E-state index contributed by atoms with van der Waals surface area (Å²) < 4.78 is 6.51. The van der Waals surface area contributed by atoms with Crippen LogP contribution in [0.3, 0.4) is 0 Å². The summed E-state index contributed by atoms with van der Waals surface area (Å²) in [6.45, 7) is 8.79. The molecule has 2 amide bonds.